The van der Waals surface area contributed by atoms with Crippen molar-refractivity contribution in [2.75, 3.05) is 49.2 Å². The molecule has 2 fully saturated rings. The third-order valence-electron chi connectivity index (χ3n) is 4.70. The molecule has 6 nitrogen and oxygen atoms in total. The molecule has 0 bridgehead atoms. The number of rotatable bonds is 8. The van der Waals surface area contributed by atoms with E-state index in [1.165, 1.54) is 18.6 Å². The quantitative estimate of drug-likeness (QED) is 0.275. The van der Waals surface area contributed by atoms with Crippen molar-refractivity contribution in [1.82, 2.24) is 14.9 Å². The molecule has 1 aliphatic heterocycles. The summed E-state index contributed by atoms with van der Waals surface area (Å²) >= 11 is 3.86. The van der Waals surface area contributed by atoms with Gasteiger partial charge in [0.15, 0.2) is 5.96 Å². The summed E-state index contributed by atoms with van der Waals surface area (Å²) < 4.78 is 26.5. The molecule has 2 aliphatic rings. The van der Waals surface area contributed by atoms with E-state index < -0.39 is 10.0 Å². The zero-order valence-corrected chi connectivity index (χ0v) is 21.3. The maximum absolute atomic E-state index is 12.4. The van der Waals surface area contributed by atoms with Gasteiger partial charge in [0.2, 0.25) is 10.0 Å². The third kappa shape index (κ3) is 9.31. The Labute approximate surface area is 190 Å². The standard InChI is InChI=1S/C17H34N4O2S3.HI/c1-3-18-17(20-15-6-5-7-16(14-15)25-4-2)19-8-13-26(22,23)21-9-11-24-12-10-21;/h15-16H,3-14H2,1-2H3,(H2,18,19,20);1H. The number of aliphatic imine (C=N–C) groups is 1. The fraction of sp³-hybridized carbons (Fsp3) is 0.941. The van der Waals surface area contributed by atoms with E-state index in [2.05, 4.69) is 22.5 Å². The lowest BCUT2D eigenvalue weighted by atomic mass is 9.95. The number of hydrogen-bond donors (Lipinski definition) is 2. The van der Waals surface area contributed by atoms with Crippen LogP contribution in [-0.2, 0) is 10.0 Å². The highest BCUT2D eigenvalue weighted by Gasteiger charge is 2.24. The van der Waals surface area contributed by atoms with E-state index in [9.17, 15) is 8.42 Å². The second-order valence-electron chi connectivity index (χ2n) is 6.67. The van der Waals surface area contributed by atoms with Gasteiger partial charge in [0, 0.05) is 42.4 Å². The van der Waals surface area contributed by atoms with Crippen molar-refractivity contribution < 1.29 is 8.42 Å². The molecule has 10 heteroatoms. The Bertz CT molecular complexity index is 540. The second kappa shape index (κ2) is 13.8. The molecule has 1 heterocycles. The summed E-state index contributed by atoms with van der Waals surface area (Å²) in [4.78, 5) is 4.54. The minimum Gasteiger partial charge on any atom is -0.357 e. The lowest BCUT2D eigenvalue weighted by Crippen LogP contribution is -2.46. The van der Waals surface area contributed by atoms with Crippen molar-refractivity contribution in [3.63, 3.8) is 0 Å². The summed E-state index contributed by atoms with van der Waals surface area (Å²) in [6.07, 6.45) is 4.87. The molecule has 0 aromatic rings. The Balaban J connectivity index is 0.00000364. The number of guanidine groups is 1. The van der Waals surface area contributed by atoms with Crippen LogP contribution >= 0.6 is 47.5 Å². The second-order valence-corrected chi connectivity index (χ2v) is 11.6. The van der Waals surface area contributed by atoms with Gasteiger partial charge in [-0.05, 0) is 31.9 Å². The van der Waals surface area contributed by atoms with E-state index in [0.717, 1.165) is 42.1 Å². The Kier molecular flexibility index (Phi) is 13.1. The van der Waals surface area contributed by atoms with Crippen molar-refractivity contribution in [3.05, 3.63) is 0 Å². The molecule has 27 heavy (non-hydrogen) atoms. The normalized spacial score (nSPS) is 24.9. The summed E-state index contributed by atoms with van der Waals surface area (Å²) in [5, 5.41) is 7.52. The number of thioether (sulfide) groups is 2. The van der Waals surface area contributed by atoms with E-state index >= 15 is 0 Å². The number of halogens is 1. The summed E-state index contributed by atoms with van der Waals surface area (Å²) in [5.74, 6) is 3.80. The minimum atomic E-state index is -3.19. The Morgan fingerprint density at radius 2 is 2.00 bits per heavy atom. The van der Waals surface area contributed by atoms with Crippen LogP contribution in [0.15, 0.2) is 4.99 Å². The maximum Gasteiger partial charge on any atom is 0.215 e. The highest BCUT2D eigenvalue weighted by molar-refractivity contribution is 14.0. The highest BCUT2D eigenvalue weighted by atomic mass is 127. The van der Waals surface area contributed by atoms with Crippen LogP contribution in [0.1, 0.15) is 39.5 Å². The molecule has 0 radical (unpaired) electrons. The SMILES string of the molecule is CCNC(=NCCS(=O)(=O)N1CCSCC1)NC1CCCC(SCC)C1.I. The monoisotopic (exact) mass is 550 g/mol. The van der Waals surface area contributed by atoms with Gasteiger partial charge in [0.05, 0.1) is 12.3 Å². The van der Waals surface area contributed by atoms with Gasteiger partial charge in [-0.15, -0.1) is 24.0 Å². The lowest BCUT2D eigenvalue weighted by molar-refractivity contribution is 0.419. The molecule has 0 amide bonds. The maximum atomic E-state index is 12.4. The van der Waals surface area contributed by atoms with Gasteiger partial charge in [0.25, 0.3) is 0 Å². The molecule has 2 N–H and O–H groups in total. The largest absolute Gasteiger partial charge is 0.357 e. The molecule has 0 spiro atoms. The van der Waals surface area contributed by atoms with Crippen molar-refractivity contribution in [2.45, 2.75) is 50.8 Å². The van der Waals surface area contributed by atoms with Crippen LogP contribution in [0.2, 0.25) is 0 Å². The average Bonchev–Trinajstić information content (AvgIpc) is 2.63. The molecular weight excluding hydrogens is 515 g/mol. The number of nitrogens with one attached hydrogen (secondary N) is 2. The van der Waals surface area contributed by atoms with Crippen LogP contribution in [0.3, 0.4) is 0 Å². The van der Waals surface area contributed by atoms with Gasteiger partial charge >= 0.3 is 0 Å². The van der Waals surface area contributed by atoms with Gasteiger partial charge in [-0.25, -0.2) is 12.7 Å². The molecule has 1 saturated heterocycles. The topological polar surface area (TPSA) is 73.8 Å². The zero-order valence-electron chi connectivity index (χ0n) is 16.5. The van der Waals surface area contributed by atoms with Crippen LogP contribution in [0, 0.1) is 0 Å². The fourth-order valence-corrected chi connectivity index (χ4v) is 7.03. The summed E-state index contributed by atoms with van der Waals surface area (Å²) in [5.41, 5.74) is 0. The molecule has 2 unspecified atom stereocenters. The van der Waals surface area contributed by atoms with Gasteiger partial charge in [-0.2, -0.15) is 23.5 Å². The Morgan fingerprint density at radius 1 is 1.26 bits per heavy atom. The summed E-state index contributed by atoms with van der Waals surface area (Å²) in [6, 6.07) is 0.432. The van der Waals surface area contributed by atoms with E-state index in [0.29, 0.717) is 25.7 Å². The van der Waals surface area contributed by atoms with Crippen molar-refractivity contribution in [2.24, 2.45) is 4.99 Å². The molecule has 2 atom stereocenters. The number of hydrogen-bond acceptors (Lipinski definition) is 5. The lowest BCUT2D eigenvalue weighted by Gasteiger charge is -2.30. The zero-order chi connectivity index (χ0) is 18.8. The van der Waals surface area contributed by atoms with Crippen molar-refractivity contribution in [3.8, 4) is 0 Å². The first-order valence-corrected chi connectivity index (χ1v) is 13.6. The van der Waals surface area contributed by atoms with E-state index in [1.54, 1.807) is 4.31 Å². The van der Waals surface area contributed by atoms with Gasteiger partial charge in [-0.3, -0.25) is 4.99 Å². The predicted molar refractivity (Wildman–Crippen MR) is 131 cm³/mol. The number of nitrogens with zero attached hydrogens (tertiary/aromatic N) is 2. The highest BCUT2D eigenvalue weighted by Crippen LogP contribution is 2.28. The first-order valence-electron chi connectivity index (χ1n) is 9.77. The Hall–Kier alpha value is 0.610. The number of sulfonamides is 1. The molecule has 2 rings (SSSR count). The Morgan fingerprint density at radius 3 is 2.67 bits per heavy atom. The molecule has 160 valence electrons. The van der Waals surface area contributed by atoms with Gasteiger partial charge < -0.3 is 10.6 Å². The van der Waals surface area contributed by atoms with Gasteiger partial charge in [-0.1, -0.05) is 13.3 Å². The fourth-order valence-electron chi connectivity index (χ4n) is 3.40. The van der Waals surface area contributed by atoms with Crippen LogP contribution in [0.5, 0.6) is 0 Å². The molecular formula is C17H35IN4O2S3. The predicted octanol–water partition coefficient (Wildman–Crippen LogP) is 2.60. The smallest absolute Gasteiger partial charge is 0.215 e. The van der Waals surface area contributed by atoms with E-state index in [1.807, 2.05) is 30.4 Å². The van der Waals surface area contributed by atoms with Crippen molar-refractivity contribution in [1.29, 1.82) is 0 Å². The minimum absolute atomic E-state index is 0. The third-order valence-corrected chi connectivity index (χ3v) is 8.72. The summed E-state index contributed by atoms with van der Waals surface area (Å²) in [7, 11) is -3.19. The molecule has 0 aromatic carbocycles. The van der Waals surface area contributed by atoms with Crippen molar-refractivity contribution >= 4 is 63.5 Å². The average molecular weight is 551 g/mol. The van der Waals surface area contributed by atoms with Crippen LogP contribution in [-0.4, -0.2) is 79.2 Å². The van der Waals surface area contributed by atoms with Gasteiger partial charge in [0.1, 0.15) is 0 Å². The van der Waals surface area contributed by atoms with Crippen LogP contribution in [0.4, 0.5) is 0 Å². The van der Waals surface area contributed by atoms with Crippen LogP contribution in [0.25, 0.3) is 0 Å². The molecule has 1 saturated carbocycles. The van der Waals surface area contributed by atoms with E-state index in [4.69, 9.17) is 0 Å². The van der Waals surface area contributed by atoms with Crippen LogP contribution < -0.4 is 10.6 Å². The first kappa shape index (κ1) is 25.6. The molecule has 1 aliphatic carbocycles. The van der Waals surface area contributed by atoms with E-state index in [-0.39, 0.29) is 29.7 Å². The summed E-state index contributed by atoms with van der Waals surface area (Å²) in [6.45, 7) is 6.61. The first-order chi connectivity index (χ1) is 12.5. The molecule has 0 aromatic heterocycles.